The molecule has 0 saturated heterocycles. The molecule has 1 heterocycles. The number of allylic oxidation sites excluding steroid dienone is 3. The lowest BCUT2D eigenvalue weighted by molar-refractivity contribution is -0.141. The molecular weight excluding hydrogens is 321 g/mol. The maximum Gasteiger partial charge on any atom is 0.433 e. The van der Waals surface area contributed by atoms with E-state index in [1.54, 1.807) is 20.8 Å². The van der Waals surface area contributed by atoms with E-state index in [9.17, 15) is 22.8 Å². The summed E-state index contributed by atoms with van der Waals surface area (Å²) in [5.74, 6) is -0.288. The molecule has 0 spiro atoms. The topological polar surface area (TPSA) is 59.1 Å². The first-order valence-corrected chi connectivity index (χ1v) is 7.37. The molecule has 0 unspecified atom stereocenters. The van der Waals surface area contributed by atoms with Crippen LogP contribution in [0.3, 0.4) is 0 Å². The molecule has 2 rings (SSSR count). The predicted molar refractivity (Wildman–Crippen MR) is 83.4 cm³/mol. The Morgan fingerprint density at radius 3 is 2.25 bits per heavy atom. The lowest BCUT2D eigenvalue weighted by Crippen LogP contribution is -2.22. The van der Waals surface area contributed by atoms with Gasteiger partial charge in [-0.2, -0.15) is 13.2 Å². The summed E-state index contributed by atoms with van der Waals surface area (Å²) in [6.45, 7) is 5.00. The third kappa shape index (κ3) is 3.55. The maximum absolute atomic E-state index is 12.6. The molecule has 1 aromatic heterocycles. The molecule has 7 heteroatoms. The minimum Gasteiger partial charge on any atom is -0.370 e. The highest BCUT2D eigenvalue weighted by Gasteiger charge is 2.32. The number of pyridine rings is 1. The van der Waals surface area contributed by atoms with Crippen LogP contribution in [-0.4, -0.2) is 23.1 Å². The fourth-order valence-corrected chi connectivity index (χ4v) is 2.46. The zero-order valence-electron chi connectivity index (χ0n) is 13.5. The number of rotatable bonds is 4. The van der Waals surface area contributed by atoms with E-state index in [0.29, 0.717) is 22.3 Å². The number of ketones is 2. The van der Waals surface area contributed by atoms with Crippen molar-refractivity contribution in [2.45, 2.75) is 33.4 Å². The van der Waals surface area contributed by atoms with Gasteiger partial charge in [-0.3, -0.25) is 9.59 Å². The van der Waals surface area contributed by atoms with Gasteiger partial charge in [0, 0.05) is 28.8 Å². The van der Waals surface area contributed by atoms with Crippen molar-refractivity contribution < 1.29 is 22.8 Å². The van der Waals surface area contributed by atoms with Crippen molar-refractivity contribution in [3.63, 3.8) is 0 Å². The van der Waals surface area contributed by atoms with Crippen molar-refractivity contribution in [2.75, 3.05) is 11.9 Å². The van der Waals surface area contributed by atoms with Crippen LogP contribution in [0.25, 0.3) is 0 Å². The van der Waals surface area contributed by atoms with Gasteiger partial charge in [0.2, 0.25) is 0 Å². The SMILES string of the molecule is CC1=C(C)C(=O)C(CCNc2cccc(C(F)(F)F)n2)=C(C)C1=O. The number of carbonyl (C=O) groups is 2. The first kappa shape index (κ1) is 17.9. The molecule has 0 aliphatic heterocycles. The van der Waals surface area contributed by atoms with Gasteiger partial charge in [-0.1, -0.05) is 6.07 Å². The van der Waals surface area contributed by atoms with Crippen LogP contribution in [-0.2, 0) is 15.8 Å². The second-order valence-corrected chi connectivity index (χ2v) is 5.59. The van der Waals surface area contributed by atoms with Crippen LogP contribution < -0.4 is 5.32 Å². The molecule has 0 bridgehead atoms. The summed E-state index contributed by atoms with van der Waals surface area (Å²) < 4.78 is 37.9. The number of Topliss-reactive ketones (excluding diaryl/α,β-unsaturated/α-hetero) is 2. The fourth-order valence-electron chi connectivity index (χ4n) is 2.46. The average molecular weight is 338 g/mol. The number of anilines is 1. The molecule has 0 saturated carbocycles. The molecule has 1 N–H and O–H groups in total. The Balaban J connectivity index is 2.07. The van der Waals surface area contributed by atoms with Gasteiger partial charge < -0.3 is 5.32 Å². The molecule has 24 heavy (non-hydrogen) atoms. The zero-order chi connectivity index (χ0) is 18.1. The molecule has 0 atom stereocenters. The Hall–Kier alpha value is -2.44. The van der Waals surface area contributed by atoms with Crippen molar-refractivity contribution in [2.24, 2.45) is 0 Å². The van der Waals surface area contributed by atoms with E-state index in [2.05, 4.69) is 10.3 Å². The second kappa shape index (κ2) is 6.59. The van der Waals surface area contributed by atoms with Crippen LogP contribution in [0.4, 0.5) is 19.0 Å². The minimum absolute atomic E-state index is 0.0705. The lowest BCUT2D eigenvalue weighted by Gasteiger charge is -2.18. The monoisotopic (exact) mass is 338 g/mol. The number of halogens is 3. The van der Waals surface area contributed by atoms with Crippen molar-refractivity contribution in [3.8, 4) is 0 Å². The van der Waals surface area contributed by atoms with Gasteiger partial charge in [0.25, 0.3) is 0 Å². The van der Waals surface area contributed by atoms with E-state index in [1.165, 1.54) is 12.1 Å². The molecule has 0 fully saturated rings. The molecular formula is C17H17F3N2O2. The van der Waals surface area contributed by atoms with E-state index in [-0.39, 0.29) is 30.3 Å². The molecule has 0 aromatic carbocycles. The number of hydrogen-bond donors (Lipinski definition) is 1. The van der Waals surface area contributed by atoms with Crippen LogP contribution in [0, 0.1) is 0 Å². The largest absolute Gasteiger partial charge is 0.433 e. The third-order valence-electron chi connectivity index (χ3n) is 4.03. The highest BCUT2D eigenvalue weighted by molar-refractivity contribution is 6.24. The molecule has 1 aromatic rings. The Morgan fingerprint density at radius 2 is 1.62 bits per heavy atom. The molecule has 0 radical (unpaired) electrons. The Morgan fingerprint density at radius 1 is 1.00 bits per heavy atom. The van der Waals surface area contributed by atoms with Crippen molar-refractivity contribution in [3.05, 3.63) is 46.2 Å². The predicted octanol–water partition coefficient (Wildman–Crippen LogP) is 3.71. The summed E-state index contributed by atoms with van der Waals surface area (Å²) in [6.07, 6.45) is -4.28. The summed E-state index contributed by atoms with van der Waals surface area (Å²) in [6, 6.07) is 3.56. The zero-order valence-corrected chi connectivity index (χ0v) is 13.5. The van der Waals surface area contributed by atoms with Crippen LogP contribution in [0.15, 0.2) is 40.5 Å². The summed E-state index contributed by atoms with van der Waals surface area (Å²) >= 11 is 0. The highest BCUT2D eigenvalue weighted by atomic mass is 19.4. The minimum atomic E-state index is -4.51. The van der Waals surface area contributed by atoms with Crippen molar-refractivity contribution in [1.82, 2.24) is 4.98 Å². The first-order valence-electron chi connectivity index (χ1n) is 7.37. The fraction of sp³-hybridized carbons (Fsp3) is 0.353. The third-order valence-corrected chi connectivity index (χ3v) is 4.03. The number of carbonyl (C=O) groups excluding carboxylic acids is 2. The van der Waals surface area contributed by atoms with Gasteiger partial charge in [-0.15, -0.1) is 0 Å². The Labute approximate surface area is 137 Å². The van der Waals surface area contributed by atoms with Crippen LogP contribution in [0.1, 0.15) is 32.9 Å². The first-order chi connectivity index (χ1) is 11.1. The van der Waals surface area contributed by atoms with Gasteiger partial charge in [-0.25, -0.2) is 4.98 Å². The van der Waals surface area contributed by atoms with Gasteiger partial charge in [0.15, 0.2) is 11.6 Å². The molecule has 128 valence electrons. The van der Waals surface area contributed by atoms with E-state index >= 15 is 0 Å². The standard InChI is InChI=1S/C17H17F3N2O2/c1-9-10(2)16(24)12(11(3)15(9)23)7-8-21-14-6-4-5-13(22-14)17(18,19)20/h4-6H,7-8H2,1-3H3,(H,21,22). The summed E-state index contributed by atoms with van der Waals surface area (Å²) in [4.78, 5) is 27.8. The maximum atomic E-state index is 12.6. The van der Waals surface area contributed by atoms with E-state index in [4.69, 9.17) is 0 Å². The van der Waals surface area contributed by atoms with Gasteiger partial charge in [0.05, 0.1) is 0 Å². The summed E-state index contributed by atoms with van der Waals surface area (Å²) in [5, 5.41) is 2.76. The van der Waals surface area contributed by atoms with Crippen LogP contribution in [0.2, 0.25) is 0 Å². The molecule has 1 aliphatic rings. The van der Waals surface area contributed by atoms with Gasteiger partial charge >= 0.3 is 6.18 Å². The quantitative estimate of drug-likeness (QED) is 0.851. The summed E-state index contributed by atoms with van der Waals surface area (Å²) in [7, 11) is 0. The second-order valence-electron chi connectivity index (χ2n) is 5.59. The van der Waals surface area contributed by atoms with E-state index in [0.717, 1.165) is 6.07 Å². The molecule has 1 aliphatic carbocycles. The summed E-state index contributed by atoms with van der Waals surface area (Å²) in [5.41, 5.74) is 0.650. The van der Waals surface area contributed by atoms with E-state index in [1.807, 2.05) is 0 Å². The molecule has 4 nitrogen and oxygen atoms in total. The van der Waals surface area contributed by atoms with Gasteiger partial charge in [0.1, 0.15) is 11.5 Å². The van der Waals surface area contributed by atoms with Gasteiger partial charge in [-0.05, 0) is 39.3 Å². The van der Waals surface area contributed by atoms with Crippen molar-refractivity contribution in [1.29, 1.82) is 0 Å². The van der Waals surface area contributed by atoms with Crippen LogP contribution in [0.5, 0.6) is 0 Å². The Kier molecular flexibility index (Phi) is 4.91. The number of aromatic nitrogens is 1. The van der Waals surface area contributed by atoms with E-state index < -0.39 is 11.9 Å². The normalized spacial score (nSPS) is 16.1. The number of nitrogens with one attached hydrogen (secondary N) is 1. The molecule has 0 amide bonds. The average Bonchev–Trinajstić information content (AvgIpc) is 2.54. The van der Waals surface area contributed by atoms with Crippen LogP contribution >= 0.6 is 0 Å². The van der Waals surface area contributed by atoms with Crippen molar-refractivity contribution >= 4 is 17.4 Å². The highest BCUT2D eigenvalue weighted by Crippen LogP contribution is 2.28. The number of hydrogen-bond acceptors (Lipinski definition) is 4. The number of alkyl halides is 3. The lowest BCUT2D eigenvalue weighted by atomic mass is 9.84. The number of nitrogens with zero attached hydrogens (tertiary/aromatic N) is 1. The Bertz CT molecular complexity index is 761. The smallest absolute Gasteiger partial charge is 0.370 e.